The Labute approximate surface area is 143 Å². The molecule has 0 amide bonds. The summed E-state index contributed by atoms with van der Waals surface area (Å²) in [5, 5.41) is 3.93. The van der Waals surface area contributed by atoms with Crippen molar-refractivity contribution in [3.8, 4) is 0 Å². The Morgan fingerprint density at radius 2 is 1.58 bits per heavy atom. The van der Waals surface area contributed by atoms with Crippen LogP contribution in [-0.2, 0) is 16.4 Å². The van der Waals surface area contributed by atoms with Crippen LogP contribution in [0.4, 0.5) is 5.69 Å². The Morgan fingerprint density at radius 3 is 2.17 bits per heavy atom. The van der Waals surface area contributed by atoms with E-state index in [9.17, 15) is 8.42 Å². The molecular formula is C18H21N3O2S. The summed E-state index contributed by atoms with van der Waals surface area (Å²) in [6, 6.07) is 20.0. The predicted octanol–water partition coefficient (Wildman–Crippen LogP) is 2.36. The van der Waals surface area contributed by atoms with E-state index in [1.54, 1.807) is 0 Å². The van der Waals surface area contributed by atoms with Gasteiger partial charge in [0.2, 0.25) is 10.0 Å². The van der Waals surface area contributed by atoms with Crippen molar-refractivity contribution < 1.29 is 8.42 Å². The lowest BCUT2D eigenvalue weighted by atomic mass is 10.1. The minimum absolute atomic E-state index is 0.630. The maximum Gasteiger partial charge on any atom is 0.230 e. The quantitative estimate of drug-likeness (QED) is 0.905. The van der Waals surface area contributed by atoms with E-state index in [1.165, 1.54) is 6.26 Å². The van der Waals surface area contributed by atoms with E-state index in [0.717, 1.165) is 16.8 Å². The number of sulfonamides is 1. The first-order chi connectivity index (χ1) is 11.4. The SMILES string of the molecule is CN1C(NS(C)(=O)=O)=C(Cc2ccccc2)CN1c1ccccc1. The standard InChI is InChI=1S/C18H21N3O2S/c1-20-18(19-24(2,22)23)16(13-15-9-5-3-6-10-15)14-21(20)17-11-7-4-8-12-17/h3-12,19H,13-14H2,1-2H3. The molecule has 1 N–H and O–H groups in total. The number of hydrogen-bond donors (Lipinski definition) is 1. The number of benzene rings is 2. The van der Waals surface area contributed by atoms with Gasteiger partial charge in [0.25, 0.3) is 0 Å². The summed E-state index contributed by atoms with van der Waals surface area (Å²) in [4.78, 5) is 0. The van der Waals surface area contributed by atoms with Crippen molar-refractivity contribution in [3.63, 3.8) is 0 Å². The number of rotatable bonds is 5. The predicted molar refractivity (Wildman–Crippen MR) is 96.7 cm³/mol. The second-order valence-corrected chi connectivity index (χ2v) is 7.65. The molecule has 0 radical (unpaired) electrons. The average Bonchev–Trinajstić information content (AvgIpc) is 2.84. The summed E-state index contributed by atoms with van der Waals surface area (Å²) < 4.78 is 26.2. The molecule has 2 aromatic rings. The summed E-state index contributed by atoms with van der Waals surface area (Å²) in [5.41, 5.74) is 3.22. The molecule has 2 aromatic carbocycles. The summed E-state index contributed by atoms with van der Waals surface area (Å²) in [6.45, 7) is 0.646. The lowest BCUT2D eigenvalue weighted by Gasteiger charge is -2.30. The molecule has 1 heterocycles. The molecule has 0 atom stereocenters. The Bertz CT molecular complexity index is 833. The monoisotopic (exact) mass is 343 g/mol. The molecule has 3 rings (SSSR count). The summed E-state index contributed by atoms with van der Waals surface area (Å²) in [5.74, 6) is 0.630. The maximum absolute atomic E-state index is 11.8. The molecule has 0 unspecified atom stereocenters. The van der Waals surface area contributed by atoms with Crippen LogP contribution in [0.1, 0.15) is 5.56 Å². The Morgan fingerprint density at radius 1 is 1.00 bits per heavy atom. The number of nitrogens with one attached hydrogen (secondary N) is 1. The fraction of sp³-hybridized carbons (Fsp3) is 0.222. The number of anilines is 1. The molecule has 126 valence electrons. The number of nitrogens with zero attached hydrogens (tertiary/aromatic N) is 2. The molecule has 24 heavy (non-hydrogen) atoms. The zero-order valence-electron chi connectivity index (χ0n) is 13.8. The van der Waals surface area contributed by atoms with Gasteiger partial charge in [0.05, 0.1) is 18.5 Å². The van der Waals surface area contributed by atoms with Crippen molar-refractivity contribution in [2.24, 2.45) is 0 Å². The highest BCUT2D eigenvalue weighted by Gasteiger charge is 2.29. The fourth-order valence-corrected chi connectivity index (χ4v) is 3.50. The van der Waals surface area contributed by atoms with Crippen LogP contribution in [0.15, 0.2) is 72.1 Å². The number of para-hydroxylation sites is 1. The van der Waals surface area contributed by atoms with Crippen LogP contribution in [0.25, 0.3) is 0 Å². The first kappa shape index (κ1) is 16.4. The fourth-order valence-electron chi connectivity index (χ4n) is 2.87. The molecule has 0 aliphatic carbocycles. The Kier molecular flexibility index (Phi) is 4.49. The lowest BCUT2D eigenvalue weighted by molar-refractivity contribution is 0.406. The molecular weight excluding hydrogens is 322 g/mol. The molecule has 1 aliphatic rings. The van der Waals surface area contributed by atoms with Gasteiger partial charge < -0.3 is 0 Å². The maximum atomic E-state index is 11.8. The molecule has 6 heteroatoms. The van der Waals surface area contributed by atoms with Crippen LogP contribution in [0.5, 0.6) is 0 Å². The van der Waals surface area contributed by atoms with E-state index in [0.29, 0.717) is 18.8 Å². The van der Waals surface area contributed by atoms with Gasteiger partial charge in [-0.15, -0.1) is 0 Å². The summed E-state index contributed by atoms with van der Waals surface area (Å²) in [7, 11) is -1.47. The second kappa shape index (κ2) is 6.57. The molecule has 0 aromatic heterocycles. The van der Waals surface area contributed by atoms with Crippen molar-refractivity contribution >= 4 is 15.7 Å². The van der Waals surface area contributed by atoms with Crippen molar-refractivity contribution in [1.82, 2.24) is 9.73 Å². The molecule has 5 nitrogen and oxygen atoms in total. The van der Waals surface area contributed by atoms with Crippen molar-refractivity contribution in [1.29, 1.82) is 0 Å². The molecule has 0 fully saturated rings. The lowest BCUT2D eigenvalue weighted by Crippen LogP contribution is -2.39. The zero-order valence-corrected chi connectivity index (χ0v) is 14.6. The van der Waals surface area contributed by atoms with E-state index in [1.807, 2.05) is 60.6 Å². The average molecular weight is 343 g/mol. The van der Waals surface area contributed by atoms with Gasteiger partial charge in [-0.2, -0.15) is 0 Å². The Balaban J connectivity index is 1.93. The third-order valence-electron chi connectivity index (χ3n) is 3.96. The third kappa shape index (κ3) is 3.71. The van der Waals surface area contributed by atoms with Crippen LogP contribution < -0.4 is 9.73 Å². The van der Waals surface area contributed by atoms with E-state index in [2.05, 4.69) is 21.9 Å². The van der Waals surface area contributed by atoms with Crippen LogP contribution in [0.3, 0.4) is 0 Å². The summed E-state index contributed by atoms with van der Waals surface area (Å²) in [6.07, 6.45) is 1.88. The second-order valence-electron chi connectivity index (χ2n) is 5.91. The van der Waals surface area contributed by atoms with Crippen molar-refractivity contribution in [3.05, 3.63) is 77.6 Å². The van der Waals surface area contributed by atoms with Crippen LogP contribution in [0.2, 0.25) is 0 Å². The molecule has 1 aliphatic heterocycles. The highest BCUT2D eigenvalue weighted by molar-refractivity contribution is 7.88. The van der Waals surface area contributed by atoms with Gasteiger partial charge in [0.15, 0.2) is 0 Å². The minimum Gasteiger partial charge on any atom is -0.280 e. The van der Waals surface area contributed by atoms with Crippen molar-refractivity contribution in [2.75, 3.05) is 24.9 Å². The van der Waals surface area contributed by atoms with E-state index < -0.39 is 10.0 Å². The van der Waals surface area contributed by atoms with Gasteiger partial charge in [0, 0.05) is 7.05 Å². The highest BCUT2D eigenvalue weighted by atomic mass is 32.2. The first-order valence-corrected chi connectivity index (χ1v) is 9.63. The number of hydrazine groups is 1. The van der Waals surface area contributed by atoms with E-state index >= 15 is 0 Å². The van der Waals surface area contributed by atoms with Gasteiger partial charge in [-0.05, 0) is 29.7 Å². The largest absolute Gasteiger partial charge is 0.280 e. The number of hydrogen-bond acceptors (Lipinski definition) is 4. The summed E-state index contributed by atoms with van der Waals surface area (Å²) >= 11 is 0. The zero-order chi connectivity index (χ0) is 17.2. The third-order valence-corrected chi connectivity index (χ3v) is 4.52. The smallest absolute Gasteiger partial charge is 0.230 e. The van der Waals surface area contributed by atoms with Crippen LogP contribution in [0, 0.1) is 0 Å². The van der Waals surface area contributed by atoms with Crippen LogP contribution >= 0.6 is 0 Å². The highest BCUT2D eigenvalue weighted by Crippen LogP contribution is 2.28. The molecule has 0 bridgehead atoms. The van der Waals surface area contributed by atoms with Gasteiger partial charge in [-0.1, -0.05) is 48.5 Å². The van der Waals surface area contributed by atoms with Gasteiger partial charge >= 0.3 is 0 Å². The topological polar surface area (TPSA) is 52.7 Å². The van der Waals surface area contributed by atoms with Crippen LogP contribution in [-0.4, -0.2) is 33.3 Å². The normalized spacial score (nSPS) is 15.1. The Hall–Kier alpha value is -2.47. The molecule has 0 spiro atoms. The van der Waals surface area contributed by atoms with E-state index in [-0.39, 0.29) is 0 Å². The minimum atomic E-state index is -3.35. The van der Waals surface area contributed by atoms with Gasteiger partial charge in [0.1, 0.15) is 5.82 Å². The van der Waals surface area contributed by atoms with Crippen molar-refractivity contribution in [2.45, 2.75) is 6.42 Å². The molecule has 0 saturated carbocycles. The first-order valence-electron chi connectivity index (χ1n) is 7.74. The van der Waals surface area contributed by atoms with Gasteiger partial charge in [-0.25, -0.2) is 8.42 Å². The van der Waals surface area contributed by atoms with Gasteiger partial charge in [-0.3, -0.25) is 14.7 Å². The molecule has 0 saturated heterocycles. The van der Waals surface area contributed by atoms with E-state index in [4.69, 9.17) is 0 Å².